The maximum Gasteiger partial charge on any atom is 0.261 e. The molecule has 3 aromatic rings. The monoisotopic (exact) mass is 439 g/mol. The second kappa shape index (κ2) is 7.29. The topological polar surface area (TPSA) is 80.6 Å². The summed E-state index contributed by atoms with van der Waals surface area (Å²) in [7, 11) is 0. The Kier molecular flexibility index (Phi) is 4.65. The van der Waals surface area contributed by atoms with Gasteiger partial charge in [-0.3, -0.25) is 4.79 Å². The van der Waals surface area contributed by atoms with Gasteiger partial charge in [0.15, 0.2) is 5.65 Å². The maximum atomic E-state index is 14.1. The van der Waals surface area contributed by atoms with E-state index in [0.29, 0.717) is 34.8 Å². The van der Waals surface area contributed by atoms with Gasteiger partial charge in [0, 0.05) is 43.4 Å². The van der Waals surface area contributed by atoms with E-state index in [4.69, 9.17) is 4.74 Å². The third kappa shape index (κ3) is 3.68. The molecule has 2 N–H and O–H groups in total. The molecule has 0 fully saturated rings. The highest BCUT2D eigenvalue weighted by Crippen LogP contribution is 2.41. The number of fused-ring (bicyclic) bond motifs is 2. The van der Waals surface area contributed by atoms with E-state index in [0.717, 1.165) is 5.56 Å². The zero-order valence-corrected chi connectivity index (χ0v) is 17.7. The van der Waals surface area contributed by atoms with Crippen molar-refractivity contribution in [1.29, 1.82) is 0 Å². The maximum absolute atomic E-state index is 14.1. The van der Waals surface area contributed by atoms with Crippen LogP contribution >= 0.6 is 0 Å². The molecule has 0 saturated carbocycles. The molecule has 1 aliphatic heterocycles. The summed E-state index contributed by atoms with van der Waals surface area (Å²) < 4.78 is 35.6. The number of ether oxygens (including phenoxy) is 1. The van der Waals surface area contributed by atoms with E-state index in [-0.39, 0.29) is 24.5 Å². The first-order valence-corrected chi connectivity index (χ1v) is 10.5. The van der Waals surface area contributed by atoms with Crippen LogP contribution in [0.25, 0.3) is 5.65 Å². The molecule has 0 radical (unpaired) electrons. The zero-order valence-electron chi connectivity index (χ0n) is 17.7. The van der Waals surface area contributed by atoms with Crippen LogP contribution in [0.4, 0.5) is 20.2 Å². The highest BCUT2D eigenvalue weighted by Gasteiger charge is 2.40. The van der Waals surface area contributed by atoms with Crippen LogP contribution in [0.15, 0.2) is 48.9 Å². The molecular formula is C23H23F2N5O2. The molecule has 3 heterocycles. The highest BCUT2D eigenvalue weighted by atomic mass is 19.3. The summed E-state index contributed by atoms with van der Waals surface area (Å²) in [5.74, 6) is -3.40. The van der Waals surface area contributed by atoms with Crippen molar-refractivity contribution in [3.8, 4) is 5.75 Å². The van der Waals surface area contributed by atoms with Gasteiger partial charge in [0.2, 0.25) is 0 Å². The fourth-order valence-electron chi connectivity index (χ4n) is 4.20. The molecule has 0 saturated heterocycles. The van der Waals surface area contributed by atoms with E-state index >= 15 is 0 Å². The molecular weight excluding hydrogens is 416 g/mol. The molecule has 7 nitrogen and oxygen atoms in total. The number of carbonyl (C=O) groups excluding carboxylic acids is 1. The molecule has 1 amide bonds. The number of rotatable bonds is 5. The summed E-state index contributed by atoms with van der Waals surface area (Å²) in [5, 5.41) is 10.1. The number of halogens is 2. The third-order valence-corrected chi connectivity index (χ3v) is 5.79. The van der Waals surface area contributed by atoms with Gasteiger partial charge in [-0.25, -0.2) is 18.3 Å². The predicted octanol–water partition coefficient (Wildman–Crippen LogP) is 4.32. The van der Waals surface area contributed by atoms with Crippen molar-refractivity contribution in [3.05, 3.63) is 60.1 Å². The summed E-state index contributed by atoms with van der Waals surface area (Å²) in [6, 6.07) is 5.33. The van der Waals surface area contributed by atoms with Gasteiger partial charge in [0.05, 0.1) is 23.5 Å². The van der Waals surface area contributed by atoms with E-state index in [1.807, 2.05) is 19.9 Å². The third-order valence-electron chi connectivity index (χ3n) is 5.79. The number of benzene rings is 1. The lowest BCUT2D eigenvalue weighted by Crippen LogP contribution is -2.28. The van der Waals surface area contributed by atoms with Crippen molar-refractivity contribution < 1.29 is 18.3 Å². The van der Waals surface area contributed by atoms with Crippen LogP contribution in [0, 0.1) is 5.92 Å². The van der Waals surface area contributed by atoms with Crippen molar-refractivity contribution in [3.63, 3.8) is 0 Å². The van der Waals surface area contributed by atoms with E-state index in [2.05, 4.69) is 20.7 Å². The van der Waals surface area contributed by atoms with Crippen molar-refractivity contribution >= 4 is 22.9 Å². The smallest absolute Gasteiger partial charge is 0.261 e. The number of nitrogens with zero attached hydrogens (tertiary/aromatic N) is 3. The van der Waals surface area contributed by atoms with Crippen LogP contribution in [-0.2, 0) is 6.42 Å². The molecule has 1 aliphatic carbocycles. The molecule has 1 unspecified atom stereocenters. The lowest BCUT2D eigenvalue weighted by atomic mass is 10.0. The van der Waals surface area contributed by atoms with Crippen LogP contribution in [0.2, 0.25) is 0 Å². The minimum absolute atomic E-state index is 0.0345. The second-order valence-electron chi connectivity index (χ2n) is 8.82. The number of anilines is 2. The largest absolute Gasteiger partial charge is 0.487 e. The zero-order chi connectivity index (χ0) is 22.5. The van der Waals surface area contributed by atoms with E-state index < -0.39 is 11.8 Å². The Bertz CT molecular complexity index is 1230. The number of amides is 1. The fraction of sp³-hybridized carbons (Fsp3) is 0.348. The number of allylic oxidation sites excluding steroid dienone is 1. The summed E-state index contributed by atoms with van der Waals surface area (Å²) in [5.41, 5.74) is 2.33. The summed E-state index contributed by atoms with van der Waals surface area (Å²) in [4.78, 5) is 17.3. The van der Waals surface area contributed by atoms with Crippen molar-refractivity contribution in [1.82, 2.24) is 14.6 Å². The molecule has 166 valence electrons. The van der Waals surface area contributed by atoms with Crippen LogP contribution in [0.1, 0.15) is 36.2 Å². The van der Waals surface area contributed by atoms with Crippen LogP contribution < -0.4 is 15.4 Å². The molecule has 0 bridgehead atoms. The van der Waals surface area contributed by atoms with E-state index in [9.17, 15) is 13.6 Å². The quantitative estimate of drug-likeness (QED) is 0.579. The Morgan fingerprint density at radius 2 is 2.16 bits per heavy atom. The minimum Gasteiger partial charge on any atom is -0.487 e. The number of hydrogen-bond donors (Lipinski definition) is 2. The second-order valence-corrected chi connectivity index (χ2v) is 8.82. The fourth-order valence-corrected chi connectivity index (χ4v) is 4.20. The molecule has 0 spiro atoms. The molecule has 1 atom stereocenters. The Morgan fingerprint density at radius 1 is 1.31 bits per heavy atom. The first kappa shape index (κ1) is 20.4. The normalized spacial score (nSPS) is 20.2. The number of nitrogens with one attached hydrogen (secondary N) is 2. The van der Waals surface area contributed by atoms with Crippen LogP contribution in [-0.4, -0.2) is 38.6 Å². The lowest BCUT2D eigenvalue weighted by molar-refractivity contribution is -0.0233. The average Bonchev–Trinajstić information content (AvgIpc) is 3.39. The Hall–Kier alpha value is -3.49. The van der Waals surface area contributed by atoms with Gasteiger partial charge in [0.1, 0.15) is 16.9 Å². The Labute approximate surface area is 183 Å². The summed E-state index contributed by atoms with van der Waals surface area (Å²) >= 11 is 0. The molecule has 2 aliphatic rings. The average molecular weight is 439 g/mol. The van der Waals surface area contributed by atoms with Gasteiger partial charge in [-0.05, 0) is 26.0 Å². The molecule has 2 aromatic heterocycles. The van der Waals surface area contributed by atoms with Crippen LogP contribution in [0.5, 0.6) is 5.75 Å². The van der Waals surface area contributed by atoms with Gasteiger partial charge in [0.25, 0.3) is 11.8 Å². The first-order chi connectivity index (χ1) is 15.2. The Morgan fingerprint density at radius 3 is 2.94 bits per heavy atom. The van der Waals surface area contributed by atoms with Crippen LogP contribution in [0.3, 0.4) is 0 Å². The lowest BCUT2D eigenvalue weighted by Gasteiger charge is -2.21. The Balaban J connectivity index is 1.45. The minimum atomic E-state index is -2.78. The van der Waals surface area contributed by atoms with Gasteiger partial charge < -0.3 is 15.4 Å². The van der Waals surface area contributed by atoms with Crippen molar-refractivity contribution in [2.75, 3.05) is 17.2 Å². The highest BCUT2D eigenvalue weighted by molar-refractivity contribution is 6.09. The van der Waals surface area contributed by atoms with Crippen molar-refractivity contribution in [2.24, 2.45) is 5.92 Å². The molecule has 32 heavy (non-hydrogen) atoms. The van der Waals surface area contributed by atoms with E-state index in [1.54, 1.807) is 24.5 Å². The number of hydrogen-bond acceptors (Lipinski definition) is 5. The predicted molar refractivity (Wildman–Crippen MR) is 116 cm³/mol. The van der Waals surface area contributed by atoms with Gasteiger partial charge in [-0.1, -0.05) is 12.2 Å². The SMILES string of the molecule is CC1(C)Cc2cc(NC(=O)c3cnn4cccnc34)c(NCC3C=CCC3(F)F)cc2O1. The number of aromatic nitrogens is 3. The van der Waals surface area contributed by atoms with Crippen molar-refractivity contribution in [2.45, 2.75) is 38.2 Å². The number of carbonyl (C=O) groups is 1. The summed E-state index contributed by atoms with van der Waals surface area (Å²) in [6.45, 7) is 3.99. The van der Waals surface area contributed by atoms with Gasteiger partial charge in [-0.15, -0.1) is 0 Å². The first-order valence-electron chi connectivity index (χ1n) is 10.5. The molecule has 1 aromatic carbocycles. The molecule has 9 heteroatoms. The van der Waals surface area contributed by atoms with E-state index in [1.165, 1.54) is 22.9 Å². The van der Waals surface area contributed by atoms with Gasteiger partial charge in [-0.2, -0.15) is 5.10 Å². The standard InChI is InChI=1S/C23H23F2N5O2/c1-22(2)11-14-9-18(29-21(31)16-13-28-30-8-4-7-26-20(16)30)17(10-19(14)32-22)27-12-15-5-3-6-23(15,24)25/h3-5,7-10,13,15,27H,6,11-12H2,1-2H3,(H,29,31). The molecule has 5 rings (SSSR count). The van der Waals surface area contributed by atoms with Gasteiger partial charge >= 0.3 is 0 Å². The number of alkyl halides is 2. The summed E-state index contributed by atoms with van der Waals surface area (Å²) in [6.07, 6.45) is 8.19.